The van der Waals surface area contributed by atoms with E-state index in [2.05, 4.69) is 23.9 Å². The lowest BCUT2D eigenvalue weighted by Gasteiger charge is -2.19. The summed E-state index contributed by atoms with van der Waals surface area (Å²) in [5, 5.41) is 1.55. The van der Waals surface area contributed by atoms with Crippen molar-refractivity contribution in [2.45, 2.75) is 17.1 Å². The Labute approximate surface area is 98.8 Å². The summed E-state index contributed by atoms with van der Waals surface area (Å²) in [7, 11) is 0. The van der Waals surface area contributed by atoms with E-state index in [1.54, 1.807) is 11.8 Å². The minimum Gasteiger partial charge on any atom is -0.244 e. The van der Waals surface area contributed by atoms with E-state index in [0.717, 1.165) is 10.7 Å². The van der Waals surface area contributed by atoms with E-state index >= 15 is 0 Å². The number of para-hydroxylation sites is 1. The van der Waals surface area contributed by atoms with E-state index in [-0.39, 0.29) is 0 Å². The van der Waals surface area contributed by atoms with Gasteiger partial charge in [0.15, 0.2) is 0 Å². The molecule has 1 aliphatic heterocycles. The van der Waals surface area contributed by atoms with E-state index in [1.807, 2.05) is 30.0 Å². The lowest BCUT2D eigenvalue weighted by Crippen LogP contribution is -2.12. The molecular formula is C12H11NS2. The van der Waals surface area contributed by atoms with Crippen LogP contribution in [0.5, 0.6) is 0 Å². The molecule has 15 heavy (non-hydrogen) atoms. The normalized spacial score (nSPS) is 18.9. The van der Waals surface area contributed by atoms with E-state index in [1.165, 1.54) is 4.90 Å². The van der Waals surface area contributed by atoms with E-state index < -0.39 is 0 Å². The molecule has 1 aromatic rings. The lowest BCUT2D eigenvalue weighted by molar-refractivity contribution is 1.25. The molecule has 1 aromatic carbocycles. The molecule has 0 amide bonds. The predicted molar refractivity (Wildman–Crippen MR) is 70.1 cm³/mol. The van der Waals surface area contributed by atoms with Gasteiger partial charge in [-0.1, -0.05) is 29.8 Å². The lowest BCUT2D eigenvalue weighted by atomic mass is 10.3. The van der Waals surface area contributed by atoms with Crippen LogP contribution < -0.4 is 0 Å². The van der Waals surface area contributed by atoms with E-state index in [9.17, 15) is 0 Å². The topological polar surface area (TPSA) is 12.4 Å². The minimum atomic E-state index is 0.415. The van der Waals surface area contributed by atoms with Gasteiger partial charge in [0.2, 0.25) is 0 Å². The molecule has 1 aliphatic rings. The van der Waals surface area contributed by atoms with Crippen molar-refractivity contribution in [2.75, 3.05) is 5.75 Å². The summed E-state index contributed by atoms with van der Waals surface area (Å²) in [6.07, 6.45) is 5.25. The molecule has 1 heterocycles. The van der Waals surface area contributed by atoms with Crippen molar-refractivity contribution in [3.05, 3.63) is 24.3 Å². The molecule has 0 radical (unpaired) electrons. The first-order valence-electron chi connectivity index (χ1n) is 4.72. The number of hydrogen-bond acceptors (Lipinski definition) is 3. The summed E-state index contributed by atoms with van der Waals surface area (Å²) < 4.78 is 0. The van der Waals surface area contributed by atoms with Gasteiger partial charge in [-0.2, -0.15) is 0 Å². The summed E-state index contributed by atoms with van der Waals surface area (Å²) in [5.41, 5.74) is 1.07. The highest BCUT2D eigenvalue weighted by molar-refractivity contribution is 8.16. The molecular weight excluding hydrogens is 222 g/mol. The second-order valence-electron chi connectivity index (χ2n) is 3.17. The van der Waals surface area contributed by atoms with Gasteiger partial charge in [0, 0.05) is 4.90 Å². The van der Waals surface area contributed by atoms with Crippen molar-refractivity contribution in [3.8, 4) is 12.3 Å². The molecule has 76 valence electrons. The molecule has 3 heteroatoms. The fourth-order valence-electron chi connectivity index (χ4n) is 1.36. The largest absolute Gasteiger partial charge is 0.244 e. The molecule has 0 bridgehead atoms. The standard InChI is InChI=1S/C12H11NS2/c1-3-8-14-12-9(2)15-11-7-5-4-6-10(11)13-12/h1,4-7,9H,8H2,2H3. The number of thioether (sulfide) groups is 2. The van der Waals surface area contributed by atoms with Gasteiger partial charge in [-0.25, -0.2) is 4.99 Å². The molecule has 2 rings (SSSR count). The summed E-state index contributed by atoms with van der Waals surface area (Å²) in [5.74, 6) is 3.33. The highest BCUT2D eigenvalue weighted by Crippen LogP contribution is 2.39. The van der Waals surface area contributed by atoms with Crippen LogP contribution in [0.1, 0.15) is 6.92 Å². The van der Waals surface area contributed by atoms with Crippen LogP contribution in [0.3, 0.4) is 0 Å². The van der Waals surface area contributed by atoms with Gasteiger partial charge in [-0.05, 0) is 19.1 Å². The Morgan fingerprint density at radius 2 is 2.33 bits per heavy atom. The Bertz CT molecular complexity index is 431. The molecule has 0 aromatic heterocycles. The van der Waals surface area contributed by atoms with Gasteiger partial charge in [-0.15, -0.1) is 18.2 Å². The van der Waals surface area contributed by atoms with Crippen LogP contribution in [0.4, 0.5) is 5.69 Å². The first-order valence-corrected chi connectivity index (χ1v) is 6.58. The van der Waals surface area contributed by atoms with Gasteiger partial charge >= 0.3 is 0 Å². The zero-order chi connectivity index (χ0) is 10.7. The number of nitrogens with zero attached hydrogens (tertiary/aromatic N) is 1. The average molecular weight is 233 g/mol. The number of hydrogen-bond donors (Lipinski definition) is 0. The van der Waals surface area contributed by atoms with Gasteiger partial charge in [0.25, 0.3) is 0 Å². The third-order valence-corrected chi connectivity index (χ3v) is 4.43. The minimum absolute atomic E-state index is 0.415. The van der Waals surface area contributed by atoms with Crippen LogP contribution in [0.25, 0.3) is 0 Å². The van der Waals surface area contributed by atoms with Crippen molar-refractivity contribution in [2.24, 2.45) is 4.99 Å². The quantitative estimate of drug-likeness (QED) is 0.687. The SMILES string of the molecule is C#CCSC1=Nc2ccccc2SC1C. The third kappa shape index (κ3) is 2.39. The molecule has 0 spiro atoms. The Morgan fingerprint density at radius 1 is 1.53 bits per heavy atom. The summed E-state index contributed by atoms with van der Waals surface area (Å²) in [4.78, 5) is 5.89. The monoisotopic (exact) mass is 233 g/mol. The van der Waals surface area contributed by atoms with Crippen LogP contribution >= 0.6 is 23.5 Å². The smallest absolute Gasteiger partial charge is 0.0879 e. The predicted octanol–water partition coefficient (Wildman–Crippen LogP) is 3.58. The summed E-state index contributed by atoms with van der Waals surface area (Å²) in [6, 6.07) is 8.23. The number of fused-ring (bicyclic) bond motifs is 1. The van der Waals surface area contributed by atoms with Crippen molar-refractivity contribution >= 4 is 34.3 Å². The average Bonchev–Trinajstić information content (AvgIpc) is 2.26. The molecule has 0 saturated carbocycles. The van der Waals surface area contributed by atoms with Gasteiger partial charge < -0.3 is 0 Å². The number of benzene rings is 1. The van der Waals surface area contributed by atoms with Gasteiger partial charge in [-0.3, -0.25) is 0 Å². The van der Waals surface area contributed by atoms with Crippen LogP contribution in [-0.2, 0) is 0 Å². The number of aliphatic imine (C=N–C) groups is 1. The molecule has 0 N–H and O–H groups in total. The molecule has 1 unspecified atom stereocenters. The molecule has 1 atom stereocenters. The third-order valence-electron chi connectivity index (χ3n) is 2.05. The molecule has 0 aliphatic carbocycles. The van der Waals surface area contributed by atoms with Crippen molar-refractivity contribution in [3.63, 3.8) is 0 Å². The first kappa shape index (κ1) is 10.7. The second-order valence-corrected chi connectivity index (χ2v) is 5.55. The second kappa shape index (κ2) is 4.78. The van der Waals surface area contributed by atoms with Crippen LogP contribution in [0.15, 0.2) is 34.2 Å². The Kier molecular flexibility index (Phi) is 3.40. The fourth-order valence-corrected chi connectivity index (χ4v) is 3.27. The van der Waals surface area contributed by atoms with E-state index in [4.69, 9.17) is 6.42 Å². The maximum Gasteiger partial charge on any atom is 0.0879 e. The van der Waals surface area contributed by atoms with Gasteiger partial charge in [0.1, 0.15) is 0 Å². The zero-order valence-electron chi connectivity index (χ0n) is 8.43. The highest BCUT2D eigenvalue weighted by atomic mass is 32.2. The van der Waals surface area contributed by atoms with Crippen LogP contribution in [0, 0.1) is 12.3 Å². The fraction of sp³-hybridized carbons (Fsp3) is 0.250. The maximum absolute atomic E-state index is 5.25. The number of rotatable bonds is 1. The number of terminal acetylenes is 1. The Balaban J connectivity index is 2.27. The van der Waals surface area contributed by atoms with Crippen LogP contribution in [0.2, 0.25) is 0 Å². The summed E-state index contributed by atoms with van der Waals surface area (Å²) >= 11 is 3.51. The van der Waals surface area contributed by atoms with Gasteiger partial charge in [0.05, 0.1) is 21.7 Å². The van der Waals surface area contributed by atoms with E-state index in [0.29, 0.717) is 11.0 Å². The first-order chi connectivity index (χ1) is 7.31. The molecule has 0 saturated heterocycles. The zero-order valence-corrected chi connectivity index (χ0v) is 10.1. The van der Waals surface area contributed by atoms with Crippen molar-refractivity contribution < 1.29 is 0 Å². The highest BCUT2D eigenvalue weighted by Gasteiger charge is 2.19. The summed E-state index contributed by atoms with van der Waals surface area (Å²) in [6.45, 7) is 2.17. The Morgan fingerprint density at radius 3 is 3.13 bits per heavy atom. The molecule has 0 fully saturated rings. The molecule has 1 nitrogen and oxygen atoms in total. The Hall–Kier alpha value is -0.850. The van der Waals surface area contributed by atoms with Crippen molar-refractivity contribution in [1.29, 1.82) is 0 Å². The van der Waals surface area contributed by atoms with Crippen LogP contribution in [-0.4, -0.2) is 16.0 Å². The maximum atomic E-state index is 5.25. The van der Waals surface area contributed by atoms with Crippen molar-refractivity contribution in [1.82, 2.24) is 0 Å².